The summed E-state index contributed by atoms with van der Waals surface area (Å²) in [7, 11) is -2.04. The fourth-order valence-electron chi connectivity index (χ4n) is 3.17. The number of ether oxygens (including phenoxy) is 1. The first-order valence-electron chi connectivity index (χ1n) is 9.38. The molecule has 0 heterocycles. The fourth-order valence-corrected chi connectivity index (χ4v) is 4.38. The van der Waals surface area contributed by atoms with Gasteiger partial charge in [0.2, 0.25) is 15.9 Å². The Hall–Kier alpha value is -2.77. The summed E-state index contributed by atoms with van der Waals surface area (Å²) in [5.41, 5.74) is 1.14. The zero-order valence-corrected chi connectivity index (χ0v) is 18.3. The molecule has 3 aromatic rings. The number of benzene rings is 3. The molecule has 0 saturated carbocycles. The van der Waals surface area contributed by atoms with E-state index in [4.69, 9.17) is 16.3 Å². The van der Waals surface area contributed by atoms with E-state index in [-0.39, 0.29) is 18.9 Å². The molecular weight excluding hydrogens is 424 g/mol. The Morgan fingerprint density at radius 3 is 2.47 bits per heavy atom. The lowest BCUT2D eigenvalue weighted by molar-refractivity contribution is -0.116. The minimum absolute atomic E-state index is 0.159. The Kier molecular flexibility index (Phi) is 6.84. The molecule has 1 N–H and O–H groups in total. The van der Waals surface area contributed by atoms with Gasteiger partial charge in [0.25, 0.3) is 0 Å². The van der Waals surface area contributed by atoms with Crippen LogP contribution in [-0.2, 0) is 14.8 Å². The molecule has 3 aromatic carbocycles. The van der Waals surface area contributed by atoms with Crippen molar-refractivity contribution < 1.29 is 17.9 Å². The number of hydrogen-bond donors (Lipinski definition) is 1. The Morgan fingerprint density at radius 1 is 1.07 bits per heavy atom. The zero-order chi connectivity index (χ0) is 21.7. The Labute approximate surface area is 181 Å². The summed E-state index contributed by atoms with van der Waals surface area (Å²) in [6.45, 7) is 0.159. The van der Waals surface area contributed by atoms with Gasteiger partial charge in [-0.1, -0.05) is 41.9 Å². The summed E-state index contributed by atoms with van der Waals surface area (Å²) >= 11 is 6.13. The monoisotopic (exact) mass is 446 g/mol. The average molecular weight is 447 g/mol. The highest BCUT2D eigenvalue weighted by atomic mass is 35.5. The second kappa shape index (κ2) is 9.36. The smallest absolute Gasteiger partial charge is 0.232 e. The molecule has 0 aromatic heterocycles. The number of fused-ring (bicyclic) bond motifs is 1. The van der Waals surface area contributed by atoms with Gasteiger partial charge >= 0.3 is 0 Å². The second-order valence-electron chi connectivity index (χ2n) is 6.87. The van der Waals surface area contributed by atoms with Gasteiger partial charge < -0.3 is 10.1 Å². The lowest BCUT2D eigenvalue weighted by atomic mass is 10.1. The number of sulfonamides is 1. The van der Waals surface area contributed by atoms with Crippen molar-refractivity contribution in [3.05, 3.63) is 65.7 Å². The summed E-state index contributed by atoms with van der Waals surface area (Å²) < 4.78 is 30.8. The van der Waals surface area contributed by atoms with Crippen LogP contribution in [0.2, 0.25) is 5.02 Å². The van der Waals surface area contributed by atoms with Crippen molar-refractivity contribution in [2.75, 3.05) is 29.5 Å². The minimum atomic E-state index is -3.53. The highest BCUT2D eigenvalue weighted by molar-refractivity contribution is 7.92. The SMILES string of the molecule is COc1ccc(N(CCCC(=O)Nc2ccc3ccccc3c2)S(C)(=O)=O)cc1Cl. The number of halogens is 1. The van der Waals surface area contributed by atoms with Crippen molar-refractivity contribution >= 4 is 49.7 Å². The largest absolute Gasteiger partial charge is 0.495 e. The van der Waals surface area contributed by atoms with E-state index in [9.17, 15) is 13.2 Å². The third kappa shape index (κ3) is 5.43. The molecule has 0 aliphatic heterocycles. The molecule has 158 valence electrons. The van der Waals surface area contributed by atoms with E-state index in [0.717, 1.165) is 17.0 Å². The van der Waals surface area contributed by atoms with Gasteiger partial charge in [-0.2, -0.15) is 0 Å². The van der Waals surface area contributed by atoms with Gasteiger partial charge in [0.1, 0.15) is 5.75 Å². The van der Waals surface area contributed by atoms with Crippen molar-refractivity contribution in [2.24, 2.45) is 0 Å². The minimum Gasteiger partial charge on any atom is -0.495 e. The number of carbonyl (C=O) groups is 1. The van der Waals surface area contributed by atoms with Crippen LogP contribution in [0.3, 0.4) is 0 Å². The number of rotatable bonds is 8. The molecule has 0 saturated heterocycles. The molecule has 0 radical (unpaired) electrons. The first kappa shape index (κ1) is 21.9. The zero-order valence-electron chi connectivity index (χ0n) is 16.8. The highest BCUT2D eigenvalue weighted by Crippen LogP contribution is 2.30. The number of methoxy groups -OCH3 is 1. The average Bonchev–Trinajstić information content (AvgIpc) is 2.70. The van der Waals surface area contributed by atoms with E-state index < -0.39 is 10.0 Å². The van der Waals surface area contributed by atoms with Crippen molar-refractivity contribution in [1.82, 2.24) is 0 Å². The molecule has 0 bridgehead atoms. The van der Waals surface area contributed by atoms with Crippen LogP contribution in [0.15, 0.2) is 60.7 Å². The molecule has 6 nitrogen and oxygen atoms in total. The van der Waals surface area contributed by atoms with Crippen LogP contribution in [0.4, 0.5) is 11.4 Å². The maximum Gasteiger partial charge on any atom is 0.232 e. The predicted octanol–water partition coefficient (Wildman–Crippen LogP) is 4.69. The third-order valence-corrected chi connectivity index (χ3v) is 6.11. The first-order chi connectivity index (χ1) is 14.3. The van der Waals surface area contributed by atoms with Gasteiger partial charge in [-0.3, -0.25) is 9.10 Å². The summed E-state index contributed by atoms with van der Waals surface area (Å²) in [5.74, 6) is 0.287. The van der Waals surface area contributed by atoms with E-state index in [0.29, 0.717) is 28.6 Å². The number of nitrogens with zero attached hydrogens (tertiary/aromatic N) is 1. The Morgan fingerprint density at radius 2 is 1.80 bits per heavy atom. The van der Waals surface area contributed by atoms with Crippen LogP contribution < -0.4 is 14.4 Å². The van der Waals surface area contributed by atoms with Crippen molar-refractivity contribution in [1.29, 1.82) is 0 Å². The van der Waals surface area contributed by atoms with Crippen LogP contribution in [0.25, 0.3) is 10.8 Å². The summed E-state index contributed by atoms with van der Waals surface area (Å²) in [4.78, 5) is 12.3. The molecule has 30 heavy (non-hydrogen) atoms. The number of amides is 1. The van der Waals surface area contributed by atoms with Gasteiger partial charge in [-0.25, -0.2) is 8.42 Å². The van der Waals surface area contributed by atoms with Crippen LogP contribution in [-0.4, -0.2) is 34.2 Å². The number of anilines is 2. The normalized spacial score (nSPS) is 11.3. The van der Waals surface area contributed by atoms with Crippen LogP contribution in [0, 0.1) is 0 Å². The Balaban J connectivity index is 1.63. The molecule has 0 aliphatic rings. The van der Waals surface area contributed by atoms with Gasteiger partial charge in [0.05, 0.1) is 24.1 Å². The predicted molar refractivity (Wildman–Crippen MR) is 122 cm³/mol. The van der Waals surface area contributed by atoms with Crippen molar-refractivity contribution in [2.45, 2.75) is 12.8 Å². The molecule has 0 atom stereocenters. The fraction of sp³-hybridized carbons (Fsp3) is 0.227. The second-order valence-corrected chi connectivity index (χ2v) is 9.18. The van der Waals surface area contributed by atoms with E-state index >= 15 is 0 Å². The summed E-state index contributed by atoms with van der Waals surface area (Å²) in [6, 6.07) is 18.4. The van der Waals surface area contributed by atoms with E-state index in [2.05, 4.69) is 5.32 Å². The van der Waals surface area contributed by atoms with Gasteiger partial charge in [0.15, 0.2) is 0 Å². The first-order valence-corrected chi connectivity index (χ1v) is 11.6. The number of hydrogen-bond acceptors (Lipinski definition) is 4. The molecule has 3 rings (SSSR count). The maximum absolute atomic E-state index is 12.3. The maximum atomic E-state index is 12.3. The van der Waals surface area contributed by atoms with Gasteiger partial charge in [-0.15, -0.1) is 0 Å². The topological polar surface area (TPSA) is 75.7 Å². The summed E-state index contributed by atoms with van der Waals surface area (Å²) in [6.07, 6.45) is 1.67. The quantitative estimate of drug-likeness (QED) is 0.544. The standard InChI is InChI=1S/C22H23ClN2O4S/c1-29-21-12-11-19(15-20(21)23)25(30(2,27)28)13-5-8-22(26)24-18-10-9-16-6-3-4-7-17(16)14-18/h3-4,6-7,9-12,14-15H,5,8,13H2,1-2H3,(H,24,26). The van der Waals surface area contributed by atoms with Gasteiger partial charge in [0, 0.05) is 18.7 Å². The number of nitrogens with one attached hydrogen (secondary N) is 1. The number of carbonyl (C=O) groups excluding carboxylic acids is 1. The van der Waals surface area contributed by atoms with Crippen LogP contribution in [0.5, 0.6) is 5.75 Å². The molecule has 0 fully saturated rings. The lowest BCUT2D eigenvalue weighted by Gasteiger charge is -2.23. The molecular formula is C22H23ClN2O4S. The van der Waals surface area contributed by atoms with Crippen LogP contribution >= 0.6 is 11.6 Å². The van der Waals surface area contributed by atoms with E-state index in [1.807, 2.05) is 42.5 Å². The molecule has 0 aliphatic carbocycles. The third-order valence-electron chi connectivity index (χ3n) is 4.62. The highest BCUT2D eigenvalue weighted by Gasteiger charge is 2.19. The Bertz CT molecular complexity index is 1160. The van der Waals surface area contributed by atoms with Gasteiger partial charge in [-0.05, 0) is 47.5 Å². The molecule has 0 spiro atoms. The summed E-state index contributed by atoms with van der Waals surface area (Å²) in [5, 5.41) is 5.32. The van der Waals surface area contributed by atoms with Crippen molar-refractivity contribution in [3.63, 3.8) is 0 Å². The molecule has 1 amide bonds. The van der Waals surface area contributed by atoms with Crippen molar-refractivity contribution in [3.8, 4) is 5.75 Å². The molecule has 0 unspecified atom stereocenters. The van der Waals surface area contributed by atoms with E-state index in [1.165, 1.54) is 17.5 Å². The lowest BCUT2D eigenvalue weighted by Crippen LogP contribution is -2.31. The molecule has 8 heteroatoms. The van der Waals surface area contributed by atoms with E-state index in [1.54, 1.807) is 12.1 Å². The van der Waals surface area contributed by atoms with Crippen LogP contribution in [0.1, 0.15) is 12.8 Å².